The Morgan fingerprint density at radius 1 is 1.26 bits per heavy atom. The van der Waals surface area contributed by atoms with Crippen LogP contribution in [0.25, 0.3) is 0 Å². The molecule has 0 amide bonds. The maximum atomic E-state index is 6.22. The Morgan fingerprint density at radius 2 is 2.00 bits per heavy atom. The van der Waals surface area contributed by atoms with Crippen molar-refractivity contribution in [2.45, 2.75) is 39.4 Å². The molecule has 0 spiro atoms. The lowest BCUT2D eigenvalue weighted by molar-refractivity contribution is 0.494. The van der Waals surface area contributed by atoms with Crippen LogP contribution in [-0.2, 0) is 6.54 Å². The normalized spacial score (nSPS) is 14.3. The number of aromatic nitrogens is 2. The Labute approximate surface area is 119 Å². The minimum absolute atomic E-state index is 0.202. The molecular weight excluding hydrogens is 258 g/mol. The van der Waals surface area contributed by atoms with Gasteiger partial charge in [0.25, 0.3) is 0 Å². The van der Waals surface area contributed by atoms with E-state index in [9.17, 15) is 0 Å². The highest BCUT2D eigenvalue weighted by molar-refractivity contribution is 6.31. The van der Waals surface area contributed by atoms with E-state index in [0.717, 1.165) is 17.1 Å². The molecule has 1 aromatic carbocycles. The van der Waals surface area contributed by atoms with Crippen LogP contribution in [0.15, 0.2) is 36.7 Å². The van der Waals surface area contributed by atoms with Crippen LogP contribution in [0.3, 0.4) is 0 Å². The quantitative estimate of drug-likeness (QED) is 0.896. The zero-order chi connectivity index (χ0) is 13.8. The Morgan fingerprint density at radius 3 is 2.63 bits per heavy atom. The van der Waals surface area contributed by atoms with E-state index in [1.165, 1.54) is 5.56 Å². The molecule has 2 atom stereocenters. The monoisotopic (exact) mass is 277 g/mol. The second-order valence-electron chi connectivity index (χ2n) is 4.76. The average molecular weight is 278 g/mol. The third-order valence-electron chi connectivity index (χ3n) is 3.35. The molecule has 1 N–H and O–H groups in total. The lowest BCUT2D eigenvalue weighted by Gasteiger charge is -2.20. The number of aryl methyl sites for hydroxylation is 1. The van der Waals surface area contributed by atoms with Gasteiger partial charge in [-0.2, -0.15) is 5.10 Å². The first kappa shape index (κ1) is 14.1. The first-order valence-corrected chi connectivity index (χ1v) is 7.02. The minimum Gasteiger partial charge on any atom is -0.303 e. The summed E-state index contributed by atoms with van der Waals surface area (Å²) in [4.78, 5) is 0. The van der Waals surface area contributed by atoms with Gasteiger partial charge in [0.05, 0.1) is 6.20 Å². The second kappa shape index (κ2) is 6.22. The standard InChI is InChI=1S/C15H20ClN3/c1-4-19-10-13(9-17-19)11(2)18-12(3)14-7-5-6-8-15(14)16/h5-12,18H,4H2,1-3H3/t11?,12-/m1/s1. The molecule has 0 aliphatic heterocycles. The third kappa shape index (κ3) is 3.37. The molecule has 3 nitrogen and oxygen atoms in total. The summed E-state index contributed by atoms with van der Waals surface area (Å²) in [5.41, 5.74) is 2.32. The van der Waals surface area contributed by atoms with Crippen LogP contribution in [-0.4, -0.2) is 9.78 Å². The summed E-state index contributed by atoms with van der Waals surface area (Å²) in [5, 5.41) is 8.66. The predicted octanol–water partition coefficient (Wildman–Crippen LogP) is 3.97. The van der Waals surface area contributed by atoms with Gasteiger partial charge in [-0.1, -0.05) is 29.8 Å². The molecule has 1 heterocycles. The van der Waals surface area contributed by atoms with Crippen LogP contribution in [0.5, 0.6) is 0 Å². The Kier molecular flexibility index (Phi) is 4.61. The number of hydrogen-bond donors (Lipinski definition) is 1. The summed E-state index contributed by atoms with van der Waals surface area (Å²) < 4.78 is 1.94. The van der Waals surface area contributed by atoms with Crippen molar-refractivity contribution in [3.05, 3.63) is 52.8 Å². The van der Waals surface area contributed by atoms with E-state index in [1.807, 2.05) is 29.1 Å². The minimum atomic E-state index is 0.202. The fourth-order valence-corrected chi connectivity index (χ4v) is 2.46. The van der Waals surface area contributed by atoms with E-state index < -0.39 is 0 Å². The molecule has 2 rings (SSSR count). The maximum absolute atomic E-state index is 6.22. The van der Waals surface area contributed by atoms with Gasteiger partial charge in [-0.15, -0.1) is 0 Å². The van der Waals surface area contributed by atoms with Gasteiger partial charge in [0.15, 0.2) is 0 Å². The number of benzene rings is 1. The highest BCUT2D eigenvalue weighted by Gasteiger charge is 2.14. The molecular formula is C15H20ClN3. The van der Waals surface area contributed by atoms with E-state index in [1.54, 1.807) is 0 Å². The van der Waals surface area contributed by atoms with E-state index in [2.05, 4.69) is 43.4 Å². The number of halogens is 1. The fourth-order valence-electron chi connectivity index (χ4n) is 2.16. The Hall–Kier alpha value is -1.32. The van der Waals surface area contributed by atoms with Crippen LogP contribution in [0.1, 0.15) is 44.0 Å². The summed E-state index contributed by atoms with van der Waals surface area (Å²) in [7, 11) is 0. The van der Waals surface area contributed by atoms with Crippen molar-refractivity contribution in [3.63, 3.8) is 0 Å². The zero-order valence-corrected chi connectivity index (χ0v) is 12.4. The van der Waals surface area contributed by atoms with Gasteiger partial charge < -0.3 is 5.32 Å². The summed E-state index contributed by atoms with van der Waals surface area (Å²) in [6.45, 7) is 7.25. The first-order valence-electron chi connectivity index (χ1n) is 6.64. The van der Waals surface area contributed by atoms with Gasteiger partial charge in [0.2, 0.25) is 0 Å². The highest BCUT2D eigenvalue weighted by atomic mass is 35.5. The molecule has 1 aromatic heterocycles. The van der Waals surface area contributed by atoms with Gasteiger partial charge >= 0.3 is 0 Å². The van der Waals surface area contributed by atoms with Crippen molar-refractivity contribution in [2.75, 3.05) is 0 Å². The molecule has 0 aliphatic rings. The van der Waals surface area contributed by atoms with Crippen LogP contribution >= 0.6 is 11.6 Å². The van der Waals surface area contributed by atoms with E-state index in [-0.39, 0.29) is 12.1 Å². The van der Waals surface area contributed by atoms with Crippen molar-refractivity contribution < 1.29 is 0 Å². The molecule has 1 unspecified atom stereocenters. The van der Waals surface area contributed by atoms with Gasteiger partial charge in [0.1, 0.15) is 0 Å². The van der Waals surface area contributed by atoms with Crippen molar-refractivity contribution in [1.82, 2.24) is 15.1 Å². The van der Waals surface area contributed by atoms with Gasteiger partial charge in [-0.05, 0) is 32.4 Å². The lowest BCUT2D eigenvalue weighted by atomic mass is 10.1. The molecule has 2 aromatic rings. The molecule has 102 valence electrons. The molecule has 4 heteroatoms. The third-order valence-corrected chi connectivity index (χ3v) is 3.69. The van der Waals surface area contributed by atoms with Crippen LogP contribution in [0, 0.1) is 0 Å². The molecule has 0 fully saturated rings. The summed E-state index contributed by atoms with van der Waals surface area (Å²) in [6, 6.07) is 8.39. The van der Waals surface area contributed by atoms with Crippen LogP contribution < -0.4 is 5.32 Å². The van der Waals surface area contributed by atoms with Gasteiger partial charge in [0, 0.05) is 35.4 Å². The molecule has 0 saturated carbocycles. The van der Waals surface area contributed by atoms with Crippen molar-refractivity contribution >= 4 is 11.6 Å². The summed E-state index contributed by atoms with van der Waals surface area (Å²) in [5.74, 6) is 0. The van der Waals surface area contributed by atoms with Crippen LogP contribution in [0.2, 0.25) is 5.02 Å². The SMILES string of the molecule is CCn1cc(C(C)N[C@H](C)c2ccccc2Cl)cn1. The molecule has 0 aliphatic carbocycles. The van der Waals surface area contributed by atoms with Gasteiger partial charge in [-0.3, -0.25) is 4.68 Å². The van der Waals surface area contributed by atoms with E-state index in [4.69, 9.17) is 11.6 Å². The average Bonchev–Trinajstić information content (AvgIpc) is 2.88. The highest BCUT2D eigenvalue weighted by Crippen LogP contribution is 2.24. The number of hydrogen-bond acceptors (Lipinski definition) is 2. The molecule has 0 bridgehead atoms. The molecule has 0 saturated heterocycles. The fraction of sp³-hybridized carbons (Fsp3) is 0.400. The van der Waals surface area contributed by atoms with Crippen molar-refractivity contribution in [1.29, 1.82) is 0 Å². The maximum Gasteiger partial charge on any atom is 0.0537 e. The molecule has 0 radical (unpaired) electrons. The summed E-state index contributed by atoms with van der Waals surface area (Å²) >= 11 is 6.22. The second-order valence-corrected chi connectivity index (χ2v) is 5.17. The van der Waals surface area contributed by atoms with E-state index >= 15 is 0 Å². The van der Waals surface area contributed by atoms with Gasteiger partial charge in [-0.25, -0.2) is 0 Å². The number of nitrogens with one attached hydrogen (secondary N) is 1. The van der Waals surface area contributed by atoms with Crippen molar-refractivity contribution in [2.24, 2.45) is 0 Å². The zero-order valence-electron chi connectivity index (χ0n) is 11.6. The largest absolute Gasteiger partial charge is 0.303 e. The number of nitrogens with zero attached hydrogens (tertiary/aromatic N) is 2. The molecule has 19 heavy (non-hydrogen) atoms. The predicted molar refractivity (Wildman–Crippen MR) is 79.3 cm³/mol. The lowest BCUT2D eigenvalue weighted by Crippen LogP contribution is -2.22. The topological polar surface area (TPSA) is 29.9 Å². The van der Waals surface area contributed by atoms with E-state index in [0.29, 0.717) is 0 Å². The van der Waals surface area contributed by atoms with Crippen molar-refractivity contribution in [3.8, 4) is 0 Å². The number of rotatable bonds is 5. The Balaban J connectivity index is 2.06. The smallest absolute Gasteiger partial charge is 0.0537 e. The Bertz CT molecular complexity index is 536. The first-order chi connectivity index (χ1) is 9.11. The van der Waals surface area contributed by atoms with Crippen LogP contribution in [0.4, 0.5) is 0 Å². The summed E-state index contributed by atoms with van der Waals surface area (Å²) in [6.07, 6.45) is 4.00.